The third-order valence-corrected chi connectivity index (χ3v) is 9.21. The molecule has 1 aliphatic carbocycles. The molecule has 6 N–H and O–H groups in total. The second-order valence-electron chi connectivity index (χ2n) is 13.2. The fourth-order valence-electron chi connectivity index (χ4n) is 6.20. The van der Waals surface area contributed by atoms with Crippen molar-refractivity contribution in [2.75, 3.05) is 13.2 Å². The summed E-state index contributed by atoms with van der Waals surface area (Å²) in [7, 11) is 0. The van der Waals surface area contributed by atoms with Crippen LogP contribution in [-0.4, -0.2) is 51.0 Å². The van der Waals surface area contributed by atoms with Crippen molar-refractivity contribution in [3.05, 3.63) is 98.8 Å². The molecule has 2 spiro atoms. The molecular weight excluding hydrogens is 716 g/mol. The molecule has 1 fully saturated rings. The standard InChI is InChI=1S/C24H21N3O3.C14H10BrN3O3/c1-23(2,28)10-9-17-12-19-21(26-13-17)30-20-8-7-16(6-5-15-3-4-15)11-18(20)24(19)14-29-22(25)27-24;15-7-3-10-12(17-5-7)21-11-2-1-8(19)4-9(11)14(10)6-20-13(16)18-14/h7-8,11-13,15,28H,3-4,14H2,1-2H3,(H2,25,27);1-5,19H,6H2,(H2,16,18)/t24-;14-/m00/s1. The molecule has 2 aromatic heterocycles. The third kappa shape index (κ3) is 6.05. The molecule has 13 heteroatoms. The van der Waals surface area contributed by atoms with Crippen LogP contribution in [-0.2, 0) is 20.6 Å². The second-order valence-corrected chi connectivity index (χ2v) is 14.1. The first-order chi connectivity index (χ1) is 24.4. The molecule has 1 saturated carbocycles. The van der Waals surface area contributed by atoms with Crippen LogP contribution in [0.25, 0.3) is 0 Å². The van der Waals surface area contributed by atoms with Crippen LogP contribution in [0, 0.1) is 29.6 Å². The quantitative estimate of drug-likeness (QED) is 0.181. The monoisotopic (exact) mass is 746 g/mol. The smallest absolute Gasteiger partial charge is 0.283 e. The number of aliphatic hydroxyl groups is 1. The van der Waals surface area contributed by atoms with Crippen LogP contribution < -0.4 is 20.9 Å². The number of phenolic OH excluding ortho intramolecular Hbond substituents is 1. The van der Waals surface area contributed by atoms with Gasteiger partial charge in [0.25, 0.3) is 12.0 Å². The van der Waals surface area contributed by atoms with Crippen molar-refractivity contribution in [3.63, 3.8) is 0 Å². The molecule has 0 radical (unpaired) electrons. The molecule has 0 bridgehead atoms. The average molecular weight is 748 g/mol. The Hall–Kier alpha value is -5.76. The van der Waals surface area contributed by atoms with E-state index in [1.807, 2.05) is 30.3 Å². The number of benzene rings is 2. The van der Waals surface area contributed by atoms with Gasteiger partial charge >= 0.3 is 0 Å². The van der Waals surface area contributed by atoms with Gasteiger partial charge in [-0.15, -0.1) is 0 Å². The van der Waals surface area contributed by atoms with Gasteiger partial charge in [0.05, 0.1) is 11.1 Å². The Morgan fingerprint density at radius 3 is 1.98 bits per heavy atom. The summed E-state index contributed by atoms with van der Waals surface area (Å²) in [5.74, 6) is 15.1. The Morgan fingerprint density at radius 1 is 0.784 bits per heavy atom. The molecule has 2 aromatic carbocycles. The number of nitrogens with zero attached hydrogens (tertiary/aromatic N) is 4. The number of ether oxygens (including phenoxy) is 4. The summed E-state index contributed by atoms with van der Waals surface area (Å²) < 4.78 is 23.7. The Balaban J connectivity index is 0.000000156. The average Bonchev–Trinajstić information content (AvgIpc) is 3.74. The Kier molecular flexibility index (Phi) is 7.59. The van der Waals surface area contributed by atoms with Crippen LogP contribution >= 0.6 is 15.9 Å². The molecule has 5 aliphatic rings. The molecule has 6 heterocycles. The van der Waals surface area contributed by atoms with Gasteiger partial charge in [0.15, 0.2) is 11.1 Å². The summed E-state index contributed by atoms with van der Waals surface area (Å²) in [5, 5.41) is 19.7. The van der Waals surface area contributed by atoms with Crippen molar-refractivity contribution >= 4 is 28.0 Å². The van der Waals surface area contributed by atoms with Gasteiger partial charge in [-0.1, -0.05) is 23.7 Å². The highest BCUT2D eigenvalue weighted by atomic mass is 79.9. The number of pyridine rings is 2. The molecule has 0 amide bonds. The zero-order chi connectivity index (χ0) is 35.5. The number of hydrogen-bond donors (Lipinski definition) is 4. The number of nitrogens with two attached hydrogens (primary N) is 2. The lowest BCUT2D eigenvalue weighted by atomic mass is 9.81. The second kappa shape index (κ2) is 11.9. The zero-order valence-corrected chi connectivity index (χ0v) is 29.1. The summed E-state index contributed by atoms with van der Waals surface area (Å²) in [4.78, 5) is 17.9. The number of halogens is 1. The Labute approximate surface area is 301 Å². The first-order valence-electron chi connectivity index (χ1n) is 16.1. The number of amidine groups is 2. The minimum absolute atomic E-state index is 0.108. The topological polar surface area (TPSA) is 180 Å². The molecule has 256 valence electrons. The van der Waals surface area contributed by atoms with E-state index in [1.165, 1.54) is 12.8 Å². The predicted molar refractivity (Wildman–Crippen MR) is 190 cm³/mol. The van der Waals surface area contributed by atoms with Gasteiger partial charge in [-0.3, -0.25) is 0 Å². The van der Waals surface area contributed by atoms with Crippen molar-refractivity contribution in [1.82, 2.24) is 9.97 Å². The van der Waals surface area contributed by atoms with Crippen LogP contribution in [0.15, 0.2) is 75.4 Å². The molecule has 12 nitrogen and oxygen atoms in total. The molecule has 0 unspecified atom stereocenters. The van der Waals surface area contributed by atoms with Crippen LogP contribution in [0.5, 0.6) is 29.0 Å². The van der Waals surface area contributed by atoms with Gasteiger partial charge < -0.3 is 40.6 Å². The summed E-state index contributed by atoms with van der Waals surface area (Å²) in [6.45, 7) is 3.74. The highest BCUT2D eigenvalue weighted by Gasteiger charge is 2.49. The predicted octanol–water partition coefficient (Wildman–Crippen LogP) is 4.90. The Morgan fingerprint density at radius 2 is 1.37 bits per heavy atom. The molecule has 4 aliphatic heterocycles. The number of phenols is 1. The highest BCUT2D eigenvalue weighted by molar-refractivity contribution is 9.10. The SMILES string of the molecule is CC(C)(O)C#Cc1cnc2c(c1)[C@]1(COC(N)=N1)c1cc(C#CC3CC3)ccc1O2.NC1=N[C@@]2(CO1)c1cc(O)ccc1Oc1ncc(Br)cc12. The molecule has 4 aromatic rings. The van der Waals surface area contributed by atoms with Crippen molar-refractivity contribution in [2.45, 2.75) is 43.4 Å². The molecule has 0 saturated heterocycles. The highest BCUT2D eigenvalue weighted by Crippen LogP contribution is 2.52. The number of aromatic nitrogens is 2. The first-order valence-corrected chi connectivity index (χ1v) is 16.9. The van der Waals surface area contributed by atoms with E-state index in [-0.39, 0.29) is 31.0 Å². The van der Waals surface area contributed by atoms with E-state index >= 15 is 0 Å². The molecular formula is C38H31BrN6O6. The lowest BCUT2D eigenvalue weighted by Gasteiger charge is -2.32. The van der Waals surface area contributed by atoms with Gasteiger partial charge in [0.1, 0.15) is 36.1 Å². The first kappa shape index (κ1) is 32.4. The molecule has 2 atom stereocenters. The van der Waals surface area contributed by atoms with E-state index in [2.05, 4.69) is 59.6 Å². The Bertz CT molecular complexity index is 2260. The van der Waals surface area contributed by atoms with Gasteiger partial charge in [-0.2, -0.15) is 0 Å². The summed E-state index contributed by atoms with van der Waals surface area (Å²) >= 11 is 3.40. The van der Waals surface area contributed by atoms with Crippen LogP contribution in [0.4, 0.5) is 0 Å². The van der Waals surface area contributed by atoms with Crippen molar-refractivity contribution in [3.8, 4) is 52.7 Å². The minimum Gasteiger partial charge on any atom is -0.508 e. The van der Waals surface area contributed by atoms with Gasteiger partial charge in [-0.25, -0.2) is 20.0 Å². The number of rotatable bonds is 0. The van der Waals surface area contributed by atoms with E-state index in [9.17, 15) is 10.2 Å². The number of aliphatic imine (C=N–C) groups is 2. The largest absolute Gasteiger partial charge is 0.508 e. The molecule has 9 rings (SSSR count). The van der Waals surface area contributed by atoms with Crippen molar-refractivity contribution in [1.29, 1.82) is 0 Å². The van der Waals surface area contributed by atoms with E-state index < -0.39 is 16.7 Å². The normalized spacial score (nSPS) is 21.5. The molecule has 51 heavy (non-hydrogen) atoms. The fourth-order valence-corrected chi connectivity index (χ4v) is 6.53. The van der Waals surface area contributed by atoms with Crippen molar-refractivity contribution < 1.29 is 29.2 Å². The fraction of sp³-hybridized carbons (Fsp3) is 0.263. The van der Waals surface area contributed by atoms with Crippen molar-refractivity contribution in [2.24, 2.45) is 27.4 Å². The number of fused-ring (bicyclic) bond motifs is 8. The zero-order valence-electron chi connectivity index (χ0n) is 27.5. The van der Waals surface area contributed by atoms with E-state index in [0.29, 0.717) is 40.3 Å². The van der Waals surface area contributed by atoms with Crippen LogP contribution in [0.1, 0.15) is 60.1 Å². The lowest BCUT2D eigenvalue weighted by Crippen LogP contribution is -2.31. The summed E-state index contributed by atoms with van der Waals surface area (Å²) in [6.07, 6.45) is 5.62. The maximum Gasteiger partial charge on any atom is 0.283 e. The van der Waals surface area contributed by atoms with Gasteiger partial charge in [0, 0.05) is 45.0 Å². The van der Waals surface area contributed by atoms with E-state index in [4.69, 9.17) is 30.4 Å². The third-order valence-electron chi connectivity index (χ3n) is 8.78. The number of aromatic hydroxyl groups is 1. The van der Waals surface area contributed by atoms with E-state index in [0.717, 1.165) is 26.7 Å². The summed E-state index contributed by atoms with van der Waals surface area (Å²) in [6, 6.07) is 14.7. The van der Waals surface area contributed by atoms with Crippen LogP contribution in [0.2, 0.25) is 0 Å². The van der Waals surface area contributed by atoms with E-state index in [1.54, 1.807) is 44.4 Å². The maximum atomic E-state index is 9.92. The summed E-state index contributed by atoms with van der Waals surface area (Å²) in [5.41, 5.74) is 13.4. The van der Waals surface area contributed by atoms with Gasteiger partial charge in [0.2, 0.25) is 11.8 Å². The maximum absolute atomic E-state index is 9.92. The minimum atomic E-state index is -1.11. The number of hydrogen-bond acceptors (Lipinski definition) is 12. The van der Waals surface area contributed by atoms with Crippen LogP contribution in [0.3, 0.4) is 0 Å². The lowest BCUT2D eigenvalue weighted by molar-refractivity contribution is 0.143. The van der Waals surface area contributed by atoms with Gasteiger partial charge in [-0.05, 0) is 91.1 Å².